The third-order valence-electron chi connectivity index (χ3n) is 5.25. The molecular weight excluding hydrogens is 384 g/mol. The predicted molar refractivity (Wildman–Crippen MR) is 114 cm³/mol. The van der Waals surface area contributed by atoms with Crippen LogP contribution < -0.4 is 0 Å². The highest BCUT2D eigenvalue weighted by molar-refractivity contribution is 7.18. The Morgan fingerprint density at radius 3 is 2.72 bits per heavy atom. The second kappa shape index (κ2) is 9.18. The second-order valence-corrected chi connectivity index (χ2v) is 8.41. The first-order chi connectivity index (χ1) is 14.2. The first kappa shape index (κ1) is 19.6. The van der Waals surface area contributed by atoms with Crippen molar-refractivity contribution in [2.24, 2.45) is 0 Å². The second-order valence-electron chi connectivity index (χ2n) is 7.35. The molecule has 3 aromatic rings. The summed E-state index contributed by atoms with van der Waals surface area (Å²) < 4.78 is 6.40. The van der Waals surface area contributed by atoms with E-state index >= 15 is 0 Å². The van der Waals surface area contributed by atoms with Gasteiger partial charge in [-0.2, -0.15) is 0 Å². The van der Waals surface area contributed by atoms with Gasteiger partial charge >= 0.3 is 5.97 Å². The molecule has 1 fully saturated rings. The summed E-state index contributed by atoms with van der Waals surface area (Å²) >= 11 is 1.71. The Hall–Kier alpha value is -2.73. The van der Waals surface area contributed by atoms with Crippen LogP contribution in [0.15, 0.2) is 54.6 Å². The molecule has 0 unspecified atom stereocenters. The Labute approximate surface area is 174 Å². The number of benzene rings is 2. The highest BCUT2D eigenvalue weighted by atomic mass is 32.1. The molecule has 29 heavy (non-hydrogen) atoms. The van der Waals surface area contributed by atoms with Crippen LogP contribution in [0.3, 0.4) is 0 Å². The van der Waals surface area contributed by atoms with Crippen LogP contribution in [-0.4, -0.2) is 41.5 Å². The van der Waals surface area contributed by atoms with Crippen LogP contribution in [0.1, 0.15) is 35.8 Å². The molecule has 0 N–H and O–H groups in total. The number of aryl methyl sites for hydroxylation is 1. The molecule has 1 saturated heterocycles. The van der Waals surface area contributed by atoms with Crippen molar-refractivity contribution < 1.29 is 14.3 Å². The maximum Gasteiger partial charge on any atom is 0.306 e. The van der Waals surface area contributed by atoms with Crippen molar-refractivity contribution in [3.05, 3.63) is 65.2 Å². The normalized spacial score (nSPS) is 16.7. The minimum atomic E-state index is -0.332. The Balaban J connectivity index is 1.27. The molecule has 1 aromatic heterocycles. The maximum absolute atomic E-state index is 12.6. The minimum absolute atomic E-state index is 0.121. The average Bonchev–Trinajstić information content (AvgIpc) is 3.21. The number of rotatable bonds is 6. The number of piperidine rings is 1. The molecule has 5 nitrogen and oxygen atoms in total. The van der Waals surface area contributed by atoms with E-state index in [9.17, 15) is 9.59 Å². The number of fused-ring (bicyclic) bond motifs is 1. The van der Waals surface area contributed by atoms with E-state index in [1.54, 1.807) is 11.3 Å². The molecule has 0 aliphatic carbocycles. The van der Waals surface area contributed by atoms with Gasteiger partial charge in [0, 0.05) is 25.4 Å². The van der Waals surface area contributed by atoms with Gasteiger partial charge in [-0.15, -0.1) is 11.3 Å². The monoisotopic (exact) mass is 408 g/mol. The number of hydrogen-bond donors (Lipinski definition) is 0. The van der Waals surface area contributed by atoms with E-state index in [-0.39, 0.29) is 30.8 Å². The number of hydrogen-bond acceptors (Lipinski definition) is 5. The smallest absolute Gasteiger partial charge is 0.306 e. The lowest BCUT2D eigenvalue weighted by Crippen LogP contribution is -2.41. The molecule has 0 saturated carbocycles. The van der Waals surface area contributed by atoms with Crippen molar-refractivity contribution in [1.82, 2.24) is 9.88 Å². The van der Waals surface area contributed by atoms with E-state index in [1.807, 2.05) is 53.4 Å². The predicted octanol–water partition coefficient (Wildman–Crippen LogP) is 4.18. The van der Waals surface area contributed by atoms with Crippen molar-refractivity contribution in [3.63, 3.8) is 0 Å². The van der Waals surface area contributed by atoms with E-state index in [1.165, 1.54) is 4.70 Å². The van der Waals surface area contributed by atoms with E-state index in [0.29, 0.717) is 19.5 Å². The van der Waals surface area contributed by atoms with Crippen LogP contribution in [0.5, 0.6) is 0 Å². The van der Waals surface area contributed by atoms with Gasteiger partial charge in [-0.25, -0.2) is 4.98 Å². The lowest BCUT2D eigenvalue weighted by Gasteiger charge is -2.31. The number of para-hydroxylation sites is 1. The number of thiazole rings is 1. The van der Waals surface area contributed by atoms with E-state index in [2.05, 4.69) is 6.07 Å². The fraction of sp³-hybridized carbons (Fsp3) is 0.348. The average molecular weight is 409 g/mol. The van der Waals surface area contributed by atoms with Crippen LogP contribution in [0.2, 0.25) is 0 Å². The summed E-state index contributed by atoms with van der Waals surface area (Å²) in [5, 5.41) is 1.09. The zero-order chi connectivity index (χ0) is 20.1. The Morgan fingerprint density at radius 1 is 1.10 bits per heavy atom. The highest BCUT2D eigenvalue weighted by Crippen LogP contribution is 2.32. The number of nitrogens with zero attached hydrogens (tertiary/aromatic N) is 2. The fourth-order valence-electron chi connectivity index (χ4n) is 3.67. The molecule has 0 radical (unpaired) electrons. The van der Waals surface area contributed by atoms with Crippen molar-refractivity contribution in [1.29, 1.82) is 0 Å². The highest BCUT2D eigenvalue weighted by Gasteiger charge is 2.27. The largest absolute Gasteiger partial charge is 0.456 e. The van der Waals surface area contributed by atoms with Gasteiger partial charge in [0.15, 0.2) is 6.61 Å². The molecule has 2 aromatic carbocycles. The molecular formula is C23H24N2O3S. The topological polar surface area (TPSA) is 59.5 Å². The number of carbonyl (C=O) groups excluding carboxylic acids is 2. The number of carbonyl (C=O) groups is 2. The molecule has 1 atom stereocenters. The Bertz CT molecular complexity index is 953. The number of aromatic nitrogens is 1. The van der Waals surface area contributed by atoms with Gasteiger partial charge in [0.2, 0.25) is 0 Å². The fourth-order valence-corrected chi connectivity index (χ4v) is 4.76. The van der Waals surface area contributed by atoms with Crippen LogP contribution in [0.4, 0.5) is 0 Å². The standard InChI is InChI=1S/C23H24N2O3S/c26-21(16-28-22(27)13-12-17-7-2-1-3-8-17)25-14-6-9-18(15-25)23-24-19-10-4-5-11-20(19)29-23/h1-5,7-8,10-11,18H,6,9,12-16H2/t18-/m0/s1. The van der Waals surface area contributed by atoms with Gasteiger partial charge in [0.05, 0.1) is 15.2 Å². The Morgan fingerprint density at radius 2 is 1.90 bits per heavy atom. The van der Waals surface area contributed by atoms with Crippen molar-refractivity contribution in [3.8, 4) is 0 Å². The molecule has 4 rings (SSSR count). The third kappa shape index (κ3) is 5.01. The first-order valence-corrected chi connectivity index (χ1v) is 10.8. The van der Waals surface area contributed by atoms with Crippen LogP contribution in [0.25, 0.3) is 10.2 Å². The van der Waals surface area contributed by atoms with Gasteiger partial charge < -0.3 is 9.64 Å². The van der Waals surface area contributed by atoms with E-state index < -0.39 is 0 Å². The van der Waals surface area contributed by atoms with Crippen molar-refractivity contribution in [2.45, 2.75) is 31.6 Å². The van der Waals surface area contributed by atoms with E-state index in [0.717, 1.165) is 28.9 Å². The molecule has 1 aliphatic heterocycles. The molecule has 0 spiro atoms. The summed E-state index contributed by atoms with van der Waals surface area (Å²) in [6.07, 6.45) is 2.87. The zero-order valence-corrected chi connectivity index (χ0v) is 17.1. The lowest BCUT2D eigenvalue weighted by molar-refractivity contribution is -0.152. The number of esters is 1. The molecule has 150 valence electrons. The number of ether oxygens (including phenoxy) is 1. The molecule has 1 aliphatic rings. The van der Waals surface area contributed by atoms with Gasteiger partial charge in [0.25, 0.3) is 5.91 Å². The van der Waals surface area contributed by atoms with Gasteiger partial charge in [-0.05, 0) is 37.0 Å². The maximum atomic E-state index is 12.6. The van der Waals surface area contributed by atoms with E-state index in [4.69, 9.17) is 9.72 Å². The lowest BCUT2D eigenvalue weighted by atomic mass is 9.99. The summed E-state index contributed by atoms with van der Waals surface area (Å²) in [7, 11) is 0. The molecule has 1 amide bonds. The quantitative estimate of drug-likeness (QED) is 0.574. The van der Waals surface area contributed by atoms with Crippen LogP contribution >= 0.6 is 11.3 Å². The summed E-state index contributed by atoms with van der Waals surface area (Å²) in [4.78, 5) is 31.1. The summed E-state index contributed by atoms with van der Waals surface area (Å²) in [6.45, 7) is 1.17. The summed E-state index contributed by atoms with van der Waals surface area (Å²) in [5.41, 5.74) is 2.11. The summed E-state index contributed by atoms with van der Waals surface area (Å²) in [6, 6.07) is 17.9. The van der Waals surface area contributed by atoms with Gasteiger partial charge in [0.1, 0.15) is 0 Å². The van der Waals surface area contributed by atoms with Gasteiger partial charge in [-0.1, -0.05) is 42.5 Å². The number of likely N-dealkylation sites (tertiary alicyclic amines) is 1. The molecule has 0 bridgehead atoms. The Kier molecular flexibility index (Phi) is 6.20. The van der Waals surface area contributed by atoms with Crippen molar-refractivity contribution >= 4 is 33.4 Å². The van der Waals surface area contributed by atoms with Crippen molar-refractivity contribution in [2.75, 3.05) is 19.7 Å². The molecule has 6 heteroatoms. The SMILES string of the molecule is O=C(CCc1ccccc1)OCC(=O)N1CCC[C@H](c2nc3ccccc3s2)C1. The first-order valence-electron chi connectivity index (χ1n) is 10.0. The third-order valence-corrected chi connectivity index (χ3v) is 6.45. The van der Waals surface area contributed by atoms with Crippen LogP contribution in [-0.2, 0) is 20.7 Å². The zero-order valence-electron chi connectivity index (χ0n) is 16.3. The summed E-state index contributed by atoms with van der Waals surface area (Å²) in [5.74, 6) is -0.204. The molecule has 2 heterocycles. The van der Waals surface area contributed by atoms with Crippen LogP contribution in [0, 0.1) is 0 Å². The van der Waals surface area contributed by atoms with Gasteiger partial charge in [-0.3, -0.25) is 9.59 Å². The number of amides is 1. The minimum Gasteiger partial charge on any atom is -0.456 e.